The number of carbonyl (C=O) groups excluding carboxylic acids is 3. The van der Waals surface area contributed by atoms with Crippen molar-refractivity contribution >= 4 is 17.7 Å². The lowest BCUT2D eigenvalue weighted by Crippen LogP contribution is -2.56. The molecule has 2 aliphatic heterocycles. The quantitative estimate of drug-likeness (QED) is 0.443. The lowest BCUT2D eigenvalue weighted by molar-refractivity contribution is -0.0369. The van der Waals surface area contributed by atoms with Crippen LogP contribution in [0.25, 0.3) is 11.1 Å². The minimum absolute atomic E-state index is 0.0576. The molecule has 3 aliphatic rings. The lowest BCUT2D eigenvalue weighted by Gasteiger charge is -2.42. The first-order chi connectivity index (χ1) is 19.4. The molecule has 0 atom stereocenters. The molecule has 3 amide bonds. The van der Waals surface area contributed by atoms with Crippen LogP contribution in [0.5, 0.6) is 0 Å². The molecule has 208 valence electrons. The molecule has 2 fully saturated rings. The van der Waals surface area contributed by atoms with Crippen LogP contribution in [-0.2, 0) is 0 Å². The van der Waals surface area contributed by atoms with Gasteiger partial charge < -0.3 is 25.6 Å². The highest BCUT2D eigenvalue weighted by molar-refractivity contribution is 5.97. The topological polar surface area (TPSA) is 107 Å². The second-order valence-corrected chi connectivity index (χ2v) is 11.2. The molecule has 3 N–H and O–H groups in total. The number of likely N-dealkylation sites (tertiary alicyclic amines) is 1. The summed E-state index contributed by atoms with van der Waals surface area (Å²) in [7, 11) is 0. The smallest absolute Gasteiger partial charge is 0.273 e. The van der Waals surface area contributed by atoms with Crippen molar-refractivity contribution in [1.29, 1.82) is 0 Å². The molecule has 0 unspecified atom stereocenters. The van der Waals surface area contributed by atoms with Gasteiger partial charge in [0.15, 0.2) is 0 Å². The summed E-state index contributed by atoms with van der Waals surface area (Å²) in [6.45, 7) is 1.35. The molecule has 0 spiro atoms. The van der Waals surface area contributed by atoms with Crippen molar-refractivity contribution in [2.45, 2.75) is 50.2 Å². The number of fused-ring (bicyclic) bond motifs is 1. The maximum Gasteiger partial charge on any atom is 0.273 e. The van der Waals surface area contributed by atoms with Crippen LogP contribution >= 0.6 is 0 Å². The van der Waals surface area contributed by atoms with E-state index in [0.717, 1.165) is 36.8 Å². The number of nitrogens with zero attached hydrogens (tertiary/aromatic N) is 3. The average Bonchev–Trinajstić information content (AvgIpc) is 3.68. The third kappa shape index (κ3) is 5.34. The van der Waals surface area contributed by atoms with Crippen LogP contribution in [-0.4, -0.2) is 75.2 Å². The number of benzene rings is 2. The van der Waals surface area contributed by atoms with Gasteiger partial charge in [0.1, 0.15) is 12.4 Å². The summed E-state index contributed by atoms with van der Waals surface area (Å²) < 4.78 is 1.69. The Hall–Kier alpha value is -4.11. The Bertz CT molecular complexity index is 1420. The van der Waals surface area contributed by atoms with E-state index in [4.69, 9.17) is 0 Å². The van der Waals surface area contributed by atoms with Gasteiger partial charge in [-0.2, -0.15) is 0 Å². The Balaban J connectivity index is 1.09. The summed E-state index contributed by atoms with van der Waals surface area (Å²) in [5.41, 5.74) is 5.58. The standard InChI is InChI=1S/C31H35N5O4/c37-28(33-26-10-1-2-11-26)24-8-3-6-22(18-24)23-7-4-9-25(19-23)29(38)34-16-13-31(40,14-17-34)20-35-21-32-36-15-5-12-27(36)30(35)39/h3-9,12,15,18-19,26,32,40H,1-2,10-11,13-14,16-17,20-21H2,(H,33,37). The second kappa shape index (κ2) is 10.8. The summed E-state index contributed by atoms with van der Waals surface area (Å²) in [4.78, 5) is 42.4. The summed E-state index contributed by atoms with van der Waals surface area (Å²) in [6.07, 6.45) is 6.96. The molecule has 6 rings (SSSR count). The molecular weight excluding hydrogens is 506 g/mol. The van der Waals surface area contributed by atoms with Crippen molar-refractivity contribution in [3.63, 3.8) is 0 Å². The van der Waals surface area contributed by atoms with Crippen LogP contribution < -0.4 is 10.7 Å². The fourth-order valence-electron chi connectivity index (χ4n) is 6.05. The lowest BCUT2D eigenvalue weighted by atomic mass is 9.90. The zero-order valence-electron chi connectivity index (χ0n) is 22.5. The van der Waals surface area contributed by atoms with Crippen LogP contribution in [0, 0.1) is 0 Å². The molecular formula is C31H35N5O4. The van der Waals surface area contributed by atoms with Gasteiger partial charge in [0, 0.05) is 36.5 Å². The highest BCUT2D eigenvalue weighted by atomic mass is 16.3. The van der Waals surface area contributed by atoms with E-state index in [0.29, 0.717) is 49.4 Å². The van der Waals surface area contributed by atoms with Gasteiger partial charge in [-0.15, -0.1) is 0 Å². The molecule has 1 saturated heterocycles. The Morgan fingerprint density at radius 3 is 2.35 bits per heavy atom. The van der Waals surface area contributed by atoms with E-state index in [1.807, 2.05) is 48.5 Å². The van der Waals surface area contributed by atoms with Gasteiger partial charge in [-0.05, 0) is 73.2 Å². The summed E-state index contributed by atoms with van der Waals surface area (Å²) in [5.74, 6) is -0.266. The van der Waals surface area contributed by atoms with Crippen molar-refractivity contribution < 1.29 is 19.5 Å². The number of nitrogens with one attached hydrogen (secondary N) is 2. The van der Waals surface area contributed by atoms with Crippen molar-refractivity contribution in [1.82, 2.24) is 19.8 Å². The Morgan fingerprint density at radius 2 is 1.62 bits per heavy atom. The second-order valence-electron chi connectivity index (χ2n) is 11.2. The van der Waals surface area contributed by atoms with Crippen molar-refractivity contribution in [2.75, 3.05) is 31.7 Å². The molecule has 9 heteroatoms. The van der Waals surface area contributed by atoms with Crippen LogP contribution in [0.15, 0.2) is 66.9 Å². The SMILES string of the molecule is O=C(NC1CCCC1)c1cccc(-c2cccc(C(=O)N3CCC(O)(CN4CNn5cccc5C4=O)CC3)c2)c1. The Labute approximate surface area is 233 Å². The molecule has 1 saturated carbocycles. The maximum atomic E-state index is 13.4. The van der Waals surface area contributed by atoms with Crippen LogP contribution in [0.3, 0.4) is 0 Å². The molecule has 1 aromatic heterocycles. The predicted octanol–water partition coefficient (Wildman–Crippen LogP) is 3.45. The van der Waals surface area contributed by atoms with E-state index in [9.17, 15) is 19.5 Å². The summed E-state index contributed by atoms with van der Waals surface area (Å²) in [6, 6.07) is 18.8. The summed E-state index contributed by atoms with van der Waals surface area (Å²) in [5, 5.41) is 14.4. The number of piperidine rings is 1. The number of rotatable bonds is 6. The molecule has 3 heterocycles. The normalized spacial score (nSPS) is 18.8. The largest absolute Gasteiger partial charge is 0.388 e. The van der Waals surface area contributed by atoms with Crippen molar-refractivity contribution in [3.8, 4) is 11.1 Å². The van der Waals surface area contributed by atoms with E-state index < -0.39 is 5.60 Å². The van der Waals surface area contributed by atoms with Crippen LogP contribution in [0.4, 0.5) is 0 Å². The minimum atomic E-state index is -1.05. The van der Waals surface area contributed by atoms with Gasteiger partial charge in [0.05, 0.1) is 12.1 Å². The Kier molecular flexibility index (Phi) is 7.06. The first-order valence-corrected chi connectivity index (χ1v) is 14.1. The van der Waals surface area contributed by atoms with Gasteiger partial charge in [-0.1, -0.05) is 37.1 Å². The molecule has 0 radical (unpaired) electrons. The predicted molar refractivity (Wildman–Crippen MR) is 151 cm³/mol. The fraction of sp³-hybridized carbons (Fsp3) is 0.387. The number of amides is 3. The third-order valence-corrected chi connectivity index (χ3v) is 8.41. The highest BCUT2D eigenvalue weighted by Gasteiger charge is 2.38. The molecule has 9 nitrogen and oxygen atoms in total. The molecule has 1 aliphatic carbocycles. The Morgan fingerprint density at radius 1 is 0.950 bits per heavy atom. The zero-order chi connectivity index (χ0) is 27.7. The number of aliphatic hydroxyl groups is 1. The van der Waals surface area contributed by atoms with Crippen molar-refractivity contribution in [2.24, 2.45) is 0 Å². The number of carbonyl (C=O) groups is 3. The van der Waals surface area contributed by atoms with E-state index in [1.54, 1.807) is 32.8 Å². The van der Waals surface area contributed by atoms with Gasteiger partial charge in [-0.3, -0.25) is 19.1 Å². The molecule has 40 heavy (non-hydrogen) atoms. The molecule has 3 aromatic rings. The van der Waals surface area contributed by atoms with Crippen molar-refractivity contribution in [3.05, 3.63) is 83.7 Å². The van der Waals surface area contributed by atoms with E-state index in [1.165, 1.54) is 0 Å². The van der Waals surface area contributed by atoms with Gasteiger partial charge >= 0.3 is 0 Å². The van der Waals surface area contributed by atoms with Crippen LogP contribution in [0.1, 0.15) is 69.7 Å². The zero-order valence-corrected chi connectivity index (χ0v) is 22.5. The maximum absolute atomic E-state index is 13.4. The third-order valence-electron chi connectivity index (χ3n) is 8.41. The number of hydrogen-bond acceptors (Lipinski definition) is 5. The van der Waals surface area contributed by atoms with E-state index in [2.05, 4.69) is 10.7 Å². The minimum Gasteiger partial charge on any atom is -0.388 e. The molecule has 2 aromatic carbocycles. The monoisotopic (exact) mass is 541 g/mol. The van der Waals surface area contributed by atoms with E-state index >= 15 is 0 Å². The fourth-order valence-corrected chi connectivity index (χ4v) is 6.05. The van der Waals surface area contributed by atoms with Crippen LogP contribution in [0.2, 0.25) is 0 Å². The number of hydrogen-bond donors (Lipinski definition) is 3. The van der Waals surface area contributed by atoms with Gasteiger partial charge in [0.25, 0.3) is 17.7 Å². The van der Waals surface area contributed by atoms with Gasteiger partial charge in [0.2, 0.25) is 0 Å². The number of β-amino-alcohol motifs (C(OH)–C–C–N with tert-alkyl or cyclic N) is 1. The first kappa shape index (κ1) is 26.1. The average molecular weight is 542 g/mol. The van der Waals surface area contributed by atoms with Gasteiger partial charge in [-0.25, -0.2) is 0 Å². The highest BCUT2D eigenvalue weighted by Crippen LogP contribution is 2.28. The number of aromatic nitrogens is 1. The van der Waals surface area contributed by atoms with E-state index in [-0.39, 0.29) is 30.3 Å². The summed E-state index contributed by atoms with van der Waals surface area (Å²) >= 11 is 0. The first-order valence-electron chi connectivity index (χ1n) is 14.1. The molecule has 0 bridgehead atoms.